The van der Waals surface area contributed by atoms with Crippen molar-refractivity contribution in [3.8, 4) is 0 Å². The van der Waals surface area contributed by atoms with Gasteiger partial charge in [-0.05, 0) is 44.4 Å². The molecule has 0 bridgehead atoms. The average molecular weight is 341 g/mol. The van der Waals surface area contributed by atoms with Gasteiger partial charge in [0.2, 0.25) is 0 Å². The first-order valence-electron chi connectivity index (χ1n) is 6.45. The molecule has 20 heavy (non-hydrogen) atoms. The Morgan fingerprint density at radius 2 is 2.10 bits per heavy atom. The summed E-state index contributed by atoms with van der Waals surface area (Å²) in [6.07, 6.45) is 1.17. The van der Waals surface area contributed by atoms with E-state index < -0.39 is 12.1 Å². The predicted molar refractivity (Wildman–Crippen MR) is 79.3 cm³/mol. The zero-order chi connectivity index (χ0) is 14.9. The third-order valence-electron chi connectivity index (χ3n) is 3.21. The van der Waals surface area contributed by atoms with Crippen LogP contribution in [0.5, 0.6) is 0 Å². The van der Waals surface area contributed by atoms with Gasteiger partial charge in [0.15, 0.2) is 6.10 Å². The maximum atomic E-state index is 12.1. The van der Waals surface area contributed by atoms with Gasteiger partial charge >= 0.3 is 5.97 Å². The number of anilines is 1. The van der Waals surface area contributed by atoms with Gasteiger partial charge in [0.05, 0.1) is 5.56 Å². The van der Waals surface area contributed by atoms with E-state index in [9.17, 15) is 9.59 Å². The minimum atomic E-state index is -0.817. The lowest BCUT2D eigenvalue weighted by Gasteiger charge is -2.15. The first-order chi connectivity index (χ1) is 9.38. The molecule has 1 aromatic rings. The van der Waals surface area contributed by atoms with Crippen molar-refractivity contribution in [2.75, 3.05) is 5.73 Å². The molecule has 0 aliphatic heterocycles. The normalized spacial score (nSPS) is 15.6. The number of esters is 1. The number of carbonyl (C=O) groups excluding carboxylic acids is 2. The van der Waals surface area contributed by atoms with E-state index in [1.54, 1.807) is 26.0 Å². The summed E-state index contributed by atoms with van der Waals surface area (Å²) in [5.41, 5.74) is 7.32. The highest BCUT2D eigenvalue weighted by atomic mass is 79.9. The SMILES string of the molecule is Cc1c(N)cc(Br)cc1C(=O)OC(C)C(=O)NC1CC1. The number of ether oxygens (including phenoxy) is 1. The van der Waals surface area contributed by atoms with E-state index in [2.05, 4.69) is 21.2 Å². The van der Waals surface area contributed by atoms with Crippen molar-refractivity contribution in [1.82, 2.24) is 5.32 Å². The first kappa shape index (κ1) is 14.8. The van der Waals surface area contributed by atoms with Crippen molar-refractivity contribution in [3.05, 3.63) is 27.7 Å². The number of benzene rings is 1. The number of nitrogens with two attached hydrogens (primary N) is 1. The number of nitrogens with one attached hydrogen (secondary N) is 1. The quantitative estimate of drug-likeness (QED) is 0.650. The van der Waals surface area contributed by atoms with Gasteiger partial charge in [0.1, 0.15) is 0 Å². The second-order valence-corrected chi connectivity index (χ2v) is 5.91. The number of hydrogen-bond acceptors (Lipinski definition) is 4. The minimum absolute atomic E-state index is 0.243. The molecule has 1 amide bonds. The maximum absolute atomic E-state index is 12.1. The van der Waals surface area contributed by atoms with E-state index in [1.165, 1.54) is 0 Å². The van der Waals surface area contributed by atoms with Crippen LogP contribution in [0.3, 0.4) is 0 Å². The summed E-state index contributed by atoms with van der Waals surface area (Å²) in [5.74, 6) is -0.810. The fraction of sp³-hybridized carbons (Fsp3) is 0.429. The molecule has 0 radical (unpaired) electrons. The van der Waals surface area contributed by atoms with Crippen molar-refractivity contribution in [3.63, 3.8) is 0 Å². The van der Waals surface area contributed by atoms with Crippen molar-refractivity contribution < 1.29 is 14.3 Å². The van der Waals surface area contributed by atoms with E-state index >= 15 is 0 Å². The van der Waals surface area contributed by atoms with Crippen molar-refractivity contribution >= 4 is 33.5 Å². The maximum Gasteiger partial charge on any atom is 0.339 e. The molecule has 0 spiro atoms. The summed E-state index contributed by atoms with van der Waals surface area (Å²) in [6, 6.07) is 3.60. The smallest absolute Gasteiger partial charge is 0.339 e. The molecule has 6 heteroatoms. The van der Waals surface area contributed by atoms with Gasteiger partial charge in [0, 0.05) is 16.2 Å². The van der Waals surface area contributed by atoms with Crippen LogP contribution in [0.2, 0.25) is 0 Å². The second-order valence-electron chi connectivity index (χ2n) is 5.00. The van der Waals surface area contributed by atoms with Gasteiger partial charge in [-0.2, -0.15) is 0 Å². The molecule has 1 unspecified atom stereocenters. The van der Waals surface area contributed by atoms with Crippen LogP contribution < -0.4 is 11.1 Å². The zero-order valence-electron chi connectivity index (χ0n) is 11.4. The number of rotatable bonds is 4. The van der Waals surface area contributed by atoms with E-state index in [-0.39, 0.29) is 11.9 Å². The molecule has 3 N–H and O–H groups in total. The third kappa shape index (κ3) is 3.50. The lowest BCUT2D eigenvalue weighted by molar-refractivity contribution is -0.129. The summed E-state index contributed by atoms with van der Waals surface area (Å²) in [5, 5.41) is 2.80. The molecule has 1 fully saturated rings. The Kier molecular flexibility index (Phi) is 4.32. The summed E-state index contributed by atoms with van der Waals surface area (Å²) in [7, 11) is 0. The van der Waals surface area contributed by atoms with Crippen LogP contribution in [0.1, 0.15) is 35.7 Å². The molecule has 5 nitrogen and oxygen atoms in total. The molecular weight excluding hydrogens is 324 g/mol. The Bertz CT molecular complexity index is 556. The van der Waals surface area contributed by atoms with Crippen LogP contribution in [-0.2, 0) is 9.53 Å². The second kappa shape index (κ2) is 5.83. The van der Waals surface area contributed by atoms with Gasteiger partial charge in [-0.25, -0.2) is 4.79 Å². The Morgan fingerprint density at radius 3 is 2.70 bits per heavy atom. The number of halogens is 1. The topological polar surface area (TPSA) is 81.4 Å². The van der Waals surface area contributed by atoms with Gasteiger partial charge < -0.3 is 15.8 Å². The molecule has 1 aromatic carbocycles. The van der Waals surface area contributed by atoms with Gasteiger partial charge in [-0.1, -0.05) is 15.9 Å². The zero-order valence-corrected chi connectivity index (χ0v) is 13.0. The average Bonchev–Trinajstić information content (AvgIpc) is 3.17. The number of hydrogen-bond donors (Lipinski definition) is 2. The molecule has 1 atom stereocenters. The van der Waals surface area contributed by atoms with Crippen molar-refractivity contribution in [1.29, 1.82) is 0 Å². The van der Waals surface area contributed by atoms with E-state index in [0.29, 0.717) is 21.3 Å². The third-order valence-corrected chi connectivity index (χ3v) is 3.67. The largest absolute Gasteiger partial charge is 0.449 e. The predicted octanol–water partition coefficient (Wildman–Crippen LogP) is 2.16. The number of carbonyl (C=O) groups is 2. The summed E-state index contributed by atoms with van der Waals surface area (Å²) >= 11 is 3.28. The van der Waals surface area contributed by atoms with Crippen LogP contribution in [0.4, 0.5) is 5.69 Å². The van der Waals surface area contributed by atoms with Gasteiger partial charge in [-0.15, -0.1) is 0 Å². The molecule has 2 rings (SSSR count). The summed E-state index contributed by atoms with van der Waals surface area (Å²) in [6.45, 7) is 3.31. The standard InChI is InChI=1S/C14H17BrN2O3/c1-7-11(5-9(15)6-12(7)16)14(19)20-8(2)13(18)17-10-3-4-10/h5-6,8,10H,3-4,16H2,1-2H3,(H,17,18). The van der Waals surface area contributed by atoms with Crippen LogP contribution in [0.25, 0.3) is 0 Å². The summed E-state index contributed by atoms with van der Waals surface area (Å²) < 4.78 is 5.89. The highest BCUT2D eigenvalue weighted by Crippen LogP contribution is 2.24. The fourth-order valence-corrected chi connectivity index (χ4v) is 2.21. The van der Waals surface area contributed by atoms with Crippen molar-refractivity contribution in [2.24, 2.45) is 0 Å². The molecule has 1 aliphatic carbocycles. The Labute approximate surface area is 126 Å². The van der Waals surface area contributed by atoms with E-state index in [4.69, 9.17) is 10.5 Å². The van der Waals surface area contributed by atoms with E-state index in [1.807, 2.05) is 0 Å². The Hall–Kier alpha value is -1.56. The van der Waals surface area contributed by atoms with Gasteiger partial charge in [-0.3, -0.25) is 4.79 Å². The van der Waals surface area contributed by atoms with Crippen molar-refractivity contribution in [2.45, 2.75) is 38.8 Å². The molecule has 1 aliphatic rings. The van der Waals surface area contributed by atoms with Gasteiger partial charge in [0.25, 0.3) is 5.91 Å². The monoisotopic (exact) mass is 340 g/mol. The van der Waals surface area contributed by atoms with Crippen LogP contribution >= 0.6 is 15.9 Å². The molecule has 0 saturated heterocycles. The molecule has 1 saturated carbocycles. The highest BCUT2D eigenvalue weighted by Gasteiger charge is 2.27. The highest BCUT2D eigenvalue weighted by molar-refractivity contribution is 9.10. The van der Waals surface area contributed by atoms with Crippen LogP contribution in [0.15, 0.2) is 16.6 Å². The Balaban J connectivity index is 2.05. The summed E-state index contributed by atoms with van der Waals surface area (Å²) in [4.78, 5) is 23.9. The van der Waals surface area contributed by atoms with Crippen LogP contribution in [0, 0.1) is 6.92 Å². The molecular formula is C14H17BrN2O3. The number of nitrogen functional groups attached to an aromatic ring is 1. The fourth-order valence-electron chi connectivity index (χ4n) is 1.74. The minimum Gasteiger partial charge on any atom is -0.449 e. The van der Waals surface area contributed by atoms with Crippen LogP contribution in [-0.4, -0.2) is 24.0 Å². The lowest BCUT2D eigenvalue weighted by atomic mass is 10.1. The molecule has 0 heterocycles. The lowest BCUT2D eigenvalue weighted by Crippen LogP contribution is -2.37. The van der Waals surface area contributed by atoms with E-state index in [0.717, 1.165) is 12.8 Å². The molecule has 108 valence electrons. The Morgan fingerprint density at radius 1 is 1.45 bits per heavy atom. The first-order valence-corrected chi connectivity index (χ1v) is 7.24. The molecule has 0 aromatic heterocycles. The number of amides is 1.